The van der Waals surface area contributed by atoms with Crippen LogP contribution in [0.4, 0.5) is 0 Å². The predicted octanol–water partition coefficient (Wildman–Crippen LogP) is 3.44. The van der Waals surface area contributed by atoms with E-state index in [1.807, 2.05) is 32.8 Å². The summed E-state index contributed by atoms with van der Waals surface area (Å²) in [6.45, 7) is 12.3. The molecule has 0 amide bonds. The molecule has 0 aromatic heterocycles. The molecule has 0 radical (unpaired) electrons. The number of aliphatic hydroxyl groups excluding tert-OH is 1. The van der Waals surface area contributed by atoms with Gasteiger partial charge in [0, 0.05) is 37.7 Å². The molecule has 1 aliphatic carbocycles. The maximum absolute atomic E-state index is 14.2. The Bertz CT molecular complexity index is 953. The zero-order valence-corrected chi connectivity index (χ0v) is 29.7. The molecule has 2 heterocycles. The lowest BCUT2D eigenvalue weighted by Crippen LogP contribution is -2.59. The predicted molar refractivity (Wildman–Crippen MR) is 171 cm³/mol. The number of ether oxygens (including phenoxy) is 4. The van der Waals surface area contributed by atoms with Gasteiger partial charge in [-0.2, -0.15) is 0 Å². The van der Waals surface area contributed by atoms with Gasteiger partial charge in [0.05, 0.1) is 17.8 Å². The molecule has 3 fully saturated rings. The Morgan fingerprint density at radius 2 is 1.59 bits per heavy atom. The van der Waals surface area contributed by atoms with Crippen LogP contribution in [0.5, 0.6) is 0 Å². The number of rotatable bonds is 6. The molecule has 2 aliphatic heterocycles. The van der Waals surface area contributed by atoms with Gasteiger partial charge >= 0.3 is 5.97 Å². The third-order valence-corrected chi connectivity index (χ3v) is 10.9. The molecule has 0 aromatic rings. The molecule has 3 rings (SSSR count). The number of esters is 1. The fraction of sp³-hybridized carbons (Fsp3) is 0.941. The standard InChI is InChI=1S/C34H63N3O7/c1-21-18-34(6,41-12)30(44-31-28(38)26(36(9)10)17-22(2)43-31)23(3)29(39)33(4,5)32(40)42-20-27(37(11)19-21)24-13-15-25(16-14-24)35(7)8/h21-28,30-31,38H,13-20H2,1-12H3/t21-,22-,23+,24?,25?,26+,27-,28-,30-,31+,34-/m1/s1. The second-order valence-corrected chi connectivity index (χ2v) is 15.4. The lowest BCUT2D eigenvalue weighted by molar-refractivity contribution is -0.295. The van der Waals surface area contributed by atoms with Gasteiger partial charge in [0.25, 0.3) is 0 Å². The van der Waals surface area contributed by atoms with Crippen LogP contribution in [-0.2, 0) is 28.5 Å². The van der Waals surface area contributed by atoms with Crippen molar-refractivity contribution in [1.29, 1.82) is 0 Å². The molecule has 1 saturated carbocycles. The number of ketones is 1. The number of aliphatic hydroxyl groups is 1. The average Bonchev–Trinajstić information content (AvgIpc) is 2.95. The van der Waals surface area contributed by atoms with E-state index in [1.54, 1.807) is 27.9 Å². The number of hydrogen-bond donors (Lipinski definition) is 1. The van der Waals surface area contributed by atoms with Crippen LogP contribution in [0.3, 0.4) is 0 Å². The van der Waals surface area contributed by atoms with Crippen LogP contribution in [0, 0.1) is 23.2 Å². The van der Waals surface area contributed by atoms with Crippen molar-refractivity contribution >= 4 is 11.8 Å². The third-order valence-electron chi connectivity index (χ3n) is 10.9. The van der Waals surface area contributed by atoms with Crippen molar-refractivity contribution in [2.75, 3.05) is 55.5 Å². The van der Waals surface area contributed by atoms with Crippen LogP contribution in [0.2, 0.25) is 0 Å². The summed E-state index contributed by atoms with van der Waals surface area (Å²) in [5.74, 6) is -0.956. The molecule has 0 spiro atoms. The van der Waals surface area contributed by atoms with E-state index < -0.39 is 41.4 Å². The smallest absolute Gasteiger partial charge is 0.319 e. The minimum atomic E-state index is -1.40. The number of hydrogen-bond acceptors (Lipinski definition) is 10. The molecule has 9 atom stereocenters. The van der Waals surface area contributed by atoms with Crippen LogP contribution < -0.4 is 0 Å². The minimum Gasteiger partial charge on any atom is -0.463 e. The highest BCUT2D eigenvalue weighted by molar-refractivity contribution is 6.04. The van der Waals surface area contributed by atoms with E-state index in [-0.39, 0.29) is 36.5 Å². The monoisotopic (exact) mass is 625 g/mol. The normalized spacial score (nSPS) is 42.0. The summed E-state index contributed by atoms with van der Waals surface area (Å²) in [5.41, 5.74) is -2.30. The zero-order valence-electron chi connectivity index (χ0n) is 29.7. The minimum absolute atomic E-state index is 0.0599. The van der Waals surface area contributed by atoms with Gasteiger partial charge in [0.1, 0.15) is 18.1 Å². The SMILES string of the molecule is CO[C@]1(C)C[C@@H](C)CN(C)[C@@H](C2CCC(N(C)C)CC2)COC(=O)C(C)(C)C(=O)[C@H](C)[C@H]1O[C@@H]1O[C@H](C)C[C@H](N(C)C)[C@H]1O. The number of cyclic esters (lactones) is 1. The first kappa shape index (κ1) is 37.3. The molecular weight excluding hydrogens is 562 g/mol. The number of carbonyl (C=O) groups is 2. The fourth-order valence-electron chi connectivity index (χ4n) is 8.06. The molecule has 44 heavy (non-hydrogen) atoms. The van der Waals surface area contributed by atoms with Crippen molar-refractivity contribution in [2.45, 2.75) is 128 Å². The summed E-state index contributed by atoms with van der Waals surface area (Å²) < 4.78 is 25.1. The fourth-order valence-corrected chi connectivity index (χ4v) is 8.06. The number of likely N-dealkylation sites (N-methyl/N-ethyl adjacent to an activating group) is 2. The number of carbonyl (C=O) groups excluding carboxylic acids is 2. The van der Waals surface area contributed by atoms with Crippen molar-refractivity contribution in [1.82, 2.24) is 14.7 Å². The van der Waals surface area contributed by atoms with Gasteiger partial charge in [0.2, 0.25) is 0 Å². The van der Waals surface area contributed by atoms with E-state index >= 15 is 0 Å². The first-order valence-electron chi connectivity index (χ1n) is 16.7. The summed E-state index contributed by atoms with van der Waals surface area (Å²) >= 11 is 0. The van der Waals surface area contributed by atoms with Crippen molar-refractivity contribution < 1.29 is 33.6 Å². The second-order valence-electron chi connectivity index (χ2n) is 15.4. The highest BCUT2D eigenvalue weighted by atomic mass is 16.7. The van der Waals surface area contributed by atoms with Crippen LogP contribution >= 0.6 is 0 Å². The van der Waals surface area contributed by atoms with E-state index in [2.05, 4.69) is 37.9 Å². The Hall–Kier alpha value is -1.14. The van der Waals surface area contributed by atoms with Crippen molar-refractivity contribution in [3.8, 4) is 0 Å². The largest absolute Gasteiger partial charge is 0.463 e. The Morgan fingerprint density at radius 3 is 2.14 bits per heavy atom. The van der Waals surface area contributed by atoms with Crippen molar-refractivity contribution in [2.24, 2.45) is 23.2 Å². The van der Waals surface area contributed by atoms with Gasteiger partial charge < -0.3 is 33.9 Å². The van der Waals surface area contributed by atoms with E-state index in [0.717, 1.165) is 32.2 Å². The number of nitrogens with zero attached hydrogens (tertiary/aromatic N) is 3. The van der Waals surface area contributed by atoms with Crippen molar-refractivity contribution in [3.05, 3.63) is 0 Å². The molecule has 0 bridgehead atoms. The summed E-state index contributed by atoms with van der Waals surface area (Å²) in [4.78, 5) is 34.5. The molecule has 0 aromatic carbocycles. The van der Waals surface area contributed by atoms with E-state index in [9.17, 15) is 14.7 Å². The van der Waals surface area contributed by atoms with Gasteiger partial charge in [0.15, 0.2) is 12.1 Å². The Morgan fingerprint density at radius 1 is 0.977 bits per heavy atom. The molecule has 256 valence electrons. The maximum atomic E-state index is 14.2. The van der Waals surface area contributed by atoms with Gasteiger partial charge in [-0.3, -0.25) is 14.5 Å². The van der Waals surface area contributed by atoms with Gasteiger partial charge in [-0.1, -0.05) is 13.8 Å². The number of methoxy groups -OCH3 is 1. The summed E-state index contributed by atoms with van der Waals surface area (Å²) in [5, 5.41) is 11.3. The summed E-state index contributed by atoms with van der Waals surface area (Å²) in [7, 11) is 11.9. The molecule has 10 nitrogen and oxygen atoms in total. The zero-order chi connectivity index (χ0) is 33.1. The quantitative estimate of drug-likeness (QED) is 0.349. The molecule has 0 unspecified atom stereocenters. The summed E-state index contributed by atoms with van der Waals surface area (Å²) in [6, 6.07) is 0.472. The average molecular weight is 626 g/mol. The van der Waals surface area contributed by atoms with Gasteiger partial charge in [-0.15, -0.1) is 0 Å². The molecule has 2 saturated heterocycles. The van der Waals surface area contributed by atoms with Crippen molar-refractivity contribution in [3.63, 3.8) is 0 Å². The Kier molecular flexibility index (Phi) is 12.9. The third kappa shape index (κ3) is 8.41. The van der Waals surface area contributed by atoms with Crippen LogP contribution in [0.1, 0.15) is 80.1 Å². The lowest BCUT2D eigenvalue weighted by Gasteiger charge is -2.47. The molecule has 1 N–H and O–H groups in total. The van der Waals surface area contributed by atoms with Crippen LogP contribution in [0.25, 0.3) is 0 Å². The number of Topliss-reactive ketones (excluding diaryl/α,β-unsaturated/α-hetero) is 1. The first-order chi connectivity index (χ1) is 20.4. The van der Waals surface area contributed by atoms with E-state index in [0.29, 0.717) is 24.8 Å². The first-order valence-corrected chi connectivity index (χ1v) is 16.7. The molecule has 10 heteroatoms. The van der Waals surface area contributed by atoms with Gasteiger partial charge in [-0.05, 0) is 113 Å². The van der Waals surface area contributed by atoms with E-state index in [4.69, 9.17) is 18.9 Å². The Balaban J connectivity index is 1.96. The van der Waals surface area contributed by atoms with Crippen LogP contribution in [-0.4, -0.2) is 135 Å². The van der Waals surface area contributed by atoms with E-state index in [1.165, 1.54) is 0 Å². The highest BCUT2D eigenvalue weighted by Crippen LogP contribution is 2.39. The highest BCUT2D eigenvalue weighted by Gasteiger charge is 2.51. The van der Waals surface area contributed by atoms with Crippen LogP contribution in [0.15, 0.2) is 0 Å². The lowest BCUT2D eigenvalue weighted by atomic mass is 9.74. The second kappa shape index (κ2) is 15.2. The summed E-state index contributed by atoms with van der Waals surface area (Å²) in [6.07, 6.45) is 2.86. The molecular formula is C34H63N3O7. The topological polar surface area (TPSA) is 101 Å². The van der Waals surface area contributed by atoms with Gasteiger partial charge in [-0.25, -0.2) is 0 Å². The maximum Gasteiger partial charge on any atom is 0.319 e. The Labute approximate surface area is 267 Å². The molecule has 3 aliphatic rings.